The van der Waals surface area contributed by atoms with Crippen molar-refractivity contribution in [3.8, 4) is 0 Å². The van der Waals surface area contributed by atoms with Crippen LogP contribution in [0.3, 0.4) is 0 Å². The van der Waals surface area contributed by atoms with Gasteiger partial charge in [-0.2, -0.15) is 0 Å². The van der Waals surface area contributed by atoms with Gasteiger partial charge in [0.2, 0.25) is 5.91 Å². The van der Waals surface area contributed by atoms with Crippen molar-refractivity contribution >= 4 is 5.91 Å². The van der Waals surface area contributed by atoms with E-state index in [-0.39, 0.29) is 0 Å². The third-order valence-electron chi connectivity index (χ3n) is 7.48. The normalized spacial score (nSPS) is 15.0. The molecule has 0 aromatic carbocycles. The average molecular weight is 542 g/mol. The first-order valence-electron chi connectivity index (χ1n) is 16.1. The molecule has 0 radical (unpaired) electrons. The molecular formula is C32H63NO5. The van der Waals surface area contributed by atoms with Crippen LogP contribution in [0.4, 0.5) is 0 Å². The van der Waals surface area contributed by atoms with E-state index in [2.05, 4.69) is 31.3 Å². The molecule has 0 aliphatic rings. The van der Waals surface area contributed by atoms with Crippen molar-refractivity contribution in [1.29, 1.82) is 0 Å². The standard InChI is InChI=1S/C32H63NO5/c1-3-5-7-9-11-13-14-15-16-18-20-22-24-26-30(36)32(38)33-28(27-34)31(37)29(35)25-23-21-19-17-12-10-8-6-4-2/h17,19,28-31,34-37H,3-16,18,20-27H2,1-2H3,(H,33,38)/b19-17+. The lowest BCUT2D eigenvalue weighted by atomic mass is 10.00. The Labute approximate surface area is 234 Å². The van der Waals surface area contributed by atoms with Crippen LogP contribution in [0.1, 0.15) is 155 Å². The minimum atomic E-state index is -1.27. The molecule has 0 aliphatic heterocycles. The highest BCUT2D eigenvalue weighted by Crippen LogP contribution is 2.14. The zero-order valence-corrected chi connectivity index (χ0v) is 24.9. The Balaban J connectivity index is 3.90. The molecule has 38 heavy (non-hydrogen) atoms. The lowest BCUT2D eigenvalue weighted by Crippen LogP contribution is -2.53. The molecule has 5 N–H and O–H groups in total. The Bertz CT molecular complexity index is 542. The number of hydrogen-bond donors (Lipinski definition) is 5. The third-order valence-corrected chi connectivity index (χ3v) is 7.48. The van der Waals surface area contributed by atoms with Crippen LogP contribution in [-0.4, -0.2) is 57.3 Å². The molecular weight excluding hydrogens is 478 g/mol. The van der Waals surface area contributed by atoms with Crippen LogP contribution in [0.25, 0.3) is 0 Å². The molecule has 0 spiro atoms. The predicted octanol–water partition coefficient (Wildman–Crippen LogP) is 6.72. The Morgan fingerprint density at radius 2 is 1.08 bits per heavy atom. The molecule has 226 valence electrons. The summed E-state index contributed by atoms with van der Waals surface area (Å²) < 4.78 is 0. The minimum absolute atomic E-state index is 0.366. The summed E-state index contributed by atoms with van der Waals surface area (Å²) in [5, 5.41) is 43.1. The molecule has 0 aliphatic carbocycles. The molecule has 4 unspecified atom stereocenters. The number of aliphatic hydroxyl groups is 4. The summed E-state index contributed by atoms with van der Waals surface area (Å²) in [6.07, 6.45) is 25.2. The highest BCUT2D eigenvalue weighted by Gasteiger charge is 2.28. The first-order chi connectivity index (χ1) is 18.5. The van der Waals surface area contributed by atoms with Crippen molar-refractivity contribution in [3.05, 3.63) is 12.2 Å². The maximum absolute atomic E-state index is 12.3. The Morgan fingerprint density at radius 1 is 0.632 bits per heavy atom. The van der Waals surface area contributed by atoms with Gasteiger partial charge in [-0.3, -0.25) is 4.79 Å². The van der Waals surface area contributed by atoms with Gasteiger partial charge in [0, 0.05) is 0 Å². The Morgan fingerprint density at radius 3 is 1.58 bits per heavy atom. The molecule has 0 aromatic heterocycles. The van der Waals surface area contributed by atoms with Crippen LogP contribution < -0.4 is 5.32 Å². The van der Waals surface area contributed by atoms with Gasteiger partial charge in [-0.05, 0) is 38.5 Å². The fourth-order valence-electron chi connectivity index (χ4n) is 4.81. The van der Waals surface area contributed by atoms with Crippen LogP contribution in [0, 0.1) is 0 Å². The predicted molar refractivity (Wildman–Crippen MR) is 159 cm³/mol. The van der Waals surface area contributed by atoms with Crippen molar-refractivity contribution in [2.75, 3.05) is 6.61 Å². The van der Waals surface area contributed by atoms with Crippen molar-refractivity contribution in [2.24, 2.45) is 0 Å². The van der Waals surface area contributed by atoms with E-state index >= 15 is 0 Å². The van der Waals surface area contributed by atoms with E-state index in [4.69, 9.17) is 0 Å². The van der Waals surface area contributed by atoms with Gasteiger partial charge in [0.25, 0.3) is 0 Å². The molecule has 0 rings (SSSR count). The second kappa shape index (κ2) is 27.6. The van der Waals surface area contributed by atoms with Gasteiger partial charge in [0.1, 0.15) is 12.2 Å². The number of unbranched alkanes of at least 4 members (excludes halogenated alkanes) is 17. The summed E-state index contributed by atoms with van der Waals surface area (Å²) in [4.78, 5) is 12.3. The molecule has 0 heterocycles. The van der Waals surface area contributed by atoms with E-state index in [0.717, 1.165) is 38.5 Å². The summed E-state index contributed by atoms with van der Waals surface area (Å²) in [7, 11) is 0. The van der Waals surface area contributed by atoms with E-state index in [1.54, 1.807) is 0 Å². The zero-order chi connectivity index (χ0) is 28.3. The van der Waals surface area contributed by atoms with Crippen LogP contribution in [0.2, 0.25) is 0 Å². The lowest BCUT2D eigenvalue weighted by Gasteiger charge is -2.27. The zero-order valence-electron chi connectivity index (χ0n) is 24.9. The molecule has 0 bridgehead atoms. The Kier molecular flexibility index (Phi) is 26.9. The van der Waals surface area contributed by atoms with Crippen molar-refractivity contribution in [2.45, 2.75) is 179 Å². The van der Waals surface area contributed by atoms with E-state index < -0.39 is 36.9 Å². The van der Waals surface area contributed by atoms with E-state index in [1.165, 1.54) is 89.9 Å². The number of rotatable bonds is 28. The summed E-state index contributed by atoms with van der Waals surface area (Å²) in [6.45, 7) is 3.96. The Hall–Kier alpha value is -0.950. The number of nitrogens with one attached hydrogen (secondary N) is 1. The van der Waals surface area contributed by atoms with Crippen LogP contribution in [0.5, 0.6) is 0 Å². The van der Waals surface area contributed by atoms with Gasteiger partial charge in [-0.15, -0.1) is 0 Å². The second-order valence-electron chi connectivity index (χ2n) is 11.2. The number of amides is 1. The van der Waals surface area contributed by atoms with Crippen molar-refractivity contribution < 1.29 is 25.2 Å². The molecule has 0 fully saturated rings. The van der Waals surface area contributed by atoms with E-state index in [1.807, 2.05) is 0 Å². The minimum Gasteiger partial charge on any atom is -0.394 e. The summed E-state index contributed by atoms with van der Waals surface area (Å²) in [5.74, 6) is -0.597. The van der Waals surface area contributed by atoms with E-state index in [9.17, 15) is 25.2 Å². The smallest absolute Gasteiger partial charge is 0.249 e. The molecule has 0 saturated carbocycles. The average Bonchev–Trinajstić information content (AvgIpc) is 2.92. The number of allylic oxidation sites excluding steroid dienone is 2. The quantitative estimate of drug-likeness (QED) is 0.0557. The third kappa shape index (κ3) is 21.9. The van der Waals surface area contributed by atoms with Crippen molar-refractivity contribution in [3.63, 3.8) is 0 Å². The van der Waals surface area contributed by atoms with Gasteiger partial charge in [0.15, 0.2) is 0 Å². The topological polar surface area (TPSA) is 110 Å². The van der Waals surface area contributed by atoms with Gasteiger partial charge in [0.05, 0.1) is 18.8 Å². The number of hydrogen-bond acceptors (Lipinski definition) is 5. The summed E-state index contributed by atoms with van der Waals surface area (Å²) in [6, 6.07) is -0.993. The van der Waals surface area contributed by atoms with Crippen LogP contribution in [-0.2, 0) is 4.79 Å². The highest BCUT2D eigenvalue weighted by atomic mass is 16.3. The number of carbonyl (C=O) groups excluding carboxylic acids is 1. The van der Waals surface area contributed by atoms with Gasteiger partial charge < -0.3 is 25.7 Å². The van der Waals surface area contributed by atoms with Gasteiger partial charge >= 0.3 is 0 Å². The first kappa shape index (κ1) is 37.0. The molecule has 1 amide bonds. The van der Waals surface area contributed by atoms with Gasteiger partial charge in [-0.1, -0.05) is 129 Å². The van der Waals surface area contributed by atoms with Gasteiger partial charge in [-0.25, -0.2) is 0 Å². The lowest BCUT2D eigenvalue weighted by molar-refractivity contribution is -0.132. The molecule has 0 aromatic rings. The summed E-state index contributed by atoms with van der Waals surface area (Å²) >= 11 is 0. The second-order valence-corrected chi connectivity index (χ2v) is 11.2. The first-order valence-corrected chi connectivity index (χ1v) is 16.1. The van der Waals surface area contributed by atoms with Crippen LogP contribution in [0.15, 0.2) is 12.2 Å². The molecule has 0 saturated heterocycles. The fourth-order valence-corrected chi connectivity index (χ4v) is 4.81. The number of carbonyl (C=O) groups is 1. The maximum Gasteiger partial charge on any atom is 0.249 e. The molecule has 6 heteroatoms. The fraction of sp³-hybridized carbons (Fsp3) is 0.906. The molecule has 6 nitrogen and oxygen atoms in total. The monoisotopic (exact) mass is 541 g/mol. The van der Waals surface area contributed by atoms with Crippen LogP contribution >= 0.6 is 0 Å². The molecule has 4 atom stereocenters. The SMILES string of the molecule is CCCCCC/C=C/CCCC(O)C(O)C(CO)NC(=O)C(O)CCCCCCCCCCCCCCC. The van der Waals surface area contributed by atoms with E-state index in [0.29, 0.717) is 12.8 Å². The number of aliphatic hydroxyl groups excluding tert-OH is 4. The largest absolute Gasteiger partial charge is 0.394 e. The summed E-state index contributed by atoms with van der Waals surface area (Å²) in [5.41, 5.74) is 0. The van der Waals surface area contributed by atoms with Crippen molar-refractivity contribution in [1.82, 2.24) is 5.32 Å². The maximum atomic E-state index is 12.3. The highest BCUT2D eigenvalue weighted by molar-refractivity contribution is 5.80.